The van der Waals surface area contributed by atoms with E-state index in [1.807, 2.05) is 39.0 Å². The predicted octanol–water partition coefficient (Wildman–Crippen LogP) is 11.2. The van der Waals surface area contributed by atoms with Crippen LogP contribution in [0.3, 0.4) is 0 Å². The molecular formula is C40H60O4. The summed E-state index contributed by atoms with van der Waals surface area (Å²) < 4.78 is 11.0. The number of fused-ring (bicyclic) bond motifs is 2. The van der Waals surface area contributed by atoms with Gasteiger partial charge in [-0.25, -0.2) is 0 Å². The number of phenols is 1. The summed E-state index contributed by atoms with van der Waals surface area (Å²) in [5, 5.41) is 9.01. The molecule has 0 saturated carbocycles. The minimum Gasteiger partial charge on any atom is -0.508 e. The molecule has 5 rings (SSSR count). The van der Waals surface area contributed by atoms with Crippen LogP contribution in [0.25, 0.3) is 0 Å². The van der Waals surface area contributed by atoms with E-state index >= 15 is 0 Å². The van der Waals surface area contributed by atoms with Crippen molar-refractivity contribution in [2.24, 2.45) is 11.3 Å². The van der Waals surface area contributed by atoms with E-state index < -0.39 is 5.41 Å². The Hall–Kier alpha value is -3.11. The third-order valence-corrected chi connectivity index (χ3v) is 9.23. The van der Waals surface area contributed by atoms with Crippen LogP contribution in [0.2, 0.25) is 0 Å². The molecule has 4 unspecified atom stereocenters. The third kappa shape index (κ3) is 10.8. The van der Waals surface area contributed by atoms with Gasteiger partial charge >= 0.3 is 5.97 Å². The molecule has 1 N–H and O–H groups in total. The van der Waals surface area contributed by atoms with Crippen LogP contribution in [-0.4, -0.2) is 17.9 Å². The standard InChI is InChI=1S/C17H24O3.C11H14.C10H14O.2CH4/c1-4-17(2,3)16(18)20-12-19-15-11-7-9-13-8-5-6-10-14(13)15;1-8-7-10-5-3-4-6-11(10)9(8)2;1-3-8(2)9-4-6-10(11)7-5-9;;/h5-6,8,10,15H,4,7,9,11-12H2,1-3H3;3-6,8-9H,7H2,1-2H3;4-8,11H,3H2,1-2H3;2*1H4. The zero-order valence-corrected chi connectivity index (χ0v) is 26.9. The molecule has 0 fully saturated rings. The first-order chi connectivity index (χ1) is 20.1. The highest BCUT2D eigenvalue weighted by Gasteiger charge is 2.28. The molecule has 0 heterocycles. The van der Waals surface area contributed by atoms with Crippen molar-refractivity contribution in [3.05, 3.63) is 101 Å². The van der Waals surface area contributed by atoms with Gasteiger partial charge in [0.1, 0.15) is 5.75 Å². The van der Waals surface area contributed by atoms with E-state index in [1.54, 1.807) is 23.3 Å². The van der Waals surface area contributed by atoms with Crippen molar-refractivity contribution in [1.82, 2.24) is 0 Å². The predicted molar refractivity (Wildman–Crippen MR) is 186 cm³/mol. The Morgan fingerprint density at radius 1 is 0.909 bits per heavy atom. The fourth-order valence-corrected chi connectivity index (χ4v) is 5.42. The highest BCUT2D eigenvalue weighted by atomic mass is 16.7. The van der Waals surface area contributed by atoms with E-state index in [-0.39, 0.29) is 33.7 Å². The van der Waals surface area contributed by atoms with Crippen LogP contribution >= 0.6 is 0 Å². The summed E-state index contributed by atoms with van der Waals surface area (Å²) in [4.78, 5) is 11.9. The number of carbonyl (C=O) groups is 1. The molecule has 4 nitrogen and oxygen atoms in total. The van der Waals surface area contributed by atoms with Crippen molar-refractivity contribution in [1.29, 1.82) is 0 Å². The molecule has 4 atom stereocenters. The smallest absolute Gasteiger partial charge is 0.313 e. The lowest BCUT2D eigenvalue weighted by molar-refractivity contribution is -0.172. The van der Waals surface area contributed by atoms with Crippen LogP contribution in [0.5, 0.6) is 5.75 Å². The number of hydrogen-bond donors (Lipinski definition) is 1. The summed E-state index contributed by atoms with van der Waals surface area (Å²) in [7, 11) is 0. The molecule has 3 aromatic rings. The second-order valence-electron chi connectivity index (χ2n) is 12.6. The summed E-state index contributed by atoms with van der Waals surface area (Å²) in [6.07, 6.45) is 6.46. The number of aryl methyl sites for hydroxylation is 1. The summed E-state index contributed by atoms with van der Waals surface area (Å²) in [6, 6.07) is 24.6. The fourth-order valence-electron chi connectivity index (χ4n) is 5.42. The number of phenolic OH excluding ortho intramolecular Hbond substituents is 1. The Morgan fingerprint density at radius 2 is 1.50 bits per heavy atom. The number of esters is 1. The summed E-state index contributed by atoms with van der Waals surface area (Å²) >= 11 is 0. The Balaban J connectivity index is 0.000000346. The molecule has 4 heteroatoms. The van der Waals surface area contributed by atoms with Crippen LogP contribution in [0.4, 0.5) is 0 Å². The monoisotopic (exact) mass is 604 g/mol. The maximum atomic E-state index is 11.9. The summed E-state index contributed by atoms with van der Waals surface area (Å²) in [5.41, 5.74) is 6.58. The van der Waals surface area contributed by atoms with E-state index in [2.05, 4.69) is 70.2 Å². The van der Waals surface area contributed by atoms with Gasteiger partial charge in [0, 0.05) is 0 Å². The molecule has 0 saturated heterocycles. The van der Waals surface area contributed by atoms with Gasteiger partial charge in [0.25, 0.3) is 0 Å². The van der Waals surface area contributed by atoms with Gasteiger partial charge in [-0.1, -0.05) is 110 Å². The van der Waals surface area contributed by atoms with Gasteiger partial charge in [0.15, 0.2) is 6.79 Å². The molecule has 0 aromatic heterocycles. The third-order valence-electron chi connectivity index (χ3n) is 9.23. The van der Waals surface area contributed by atoms with Crippen molar-refractivity contribution < 1.29 is 19.4 Å². The van der Waals surface area contributed by atoms with Gasteiger partial charge in [-0.15, -0.1) is 0 Å². The minimum absolute atomic E-state index is 0. The number of benzene rings is 3. The molecule has 0 aliphatic heterocycles. The average molecular weight is 605 g/mol. The number of aromatic hydroxyl groups is 1. The molecule has 0 bridgehead atoms. The van der Waals surface area contributed by atoms with E-state index in [4.69, 9.17) is 14.6 Å². The molecule has 244 valence electrons. The highest BCUT2D eigenvalue weighted by Crippen LogP contribution is 2.36. The first-order valence-corrected chi connectivity index (χ1v) is 15.8. The maximum Gasteiger partial charge on any atom is 0.313 e. The van der Waals surface area contributed by atoms with Gasteiger partial charge in [-0.05, 0) is 110 Å². The van der Waals surface area contributed by atoms with Crippen LogP contribution in [-0.2, 0) is 27.1 Å². The van der Waals surface area contributed by atoms with Crippen LogP contribution < -0.4 is 0 Å². The van der Waals surface area contributed by atoms with Crippen molar-refractivity contribution in [2.45, 2.75) is 120 Å². The first kappa shape index (κ1) is 38.9. The Kier molecular flexibility index (Phi) is 16.5. The van der Waals surface area contributed by atoms with Crippen molar-refractivity contribution in [2.75, 3.05) is 6.79 Å². The molecule has 44 heavy (non-hydrogen) atoms. The highest BCUT2D eigenvalue weighted by molar-refractivity contribution is 5.75. The molecule has 2 aliphatic carbocycles. The fraction of sp³-hybridized carbons (Fsp3) is 0.525. The molecule has 0 amide bonds. The van der Waals surface area contributed by atoms with Gasteiger partial charge in [0.05, 0.1) is 11.5 Å². The lowest BCUT2D eigenvalue weighted by Gasteiger charge is -2.26. The normalized spacial score (nSPS) is 18.8. The zero-order chi connectivity index (χ0) is 30.7. The van der Waals surface area contributed by atoms with Crippen LogP contribution in [0.1, 0.15) is 135 Å². The lowest BCUT2D eigenvalue weighted by Crippen LogP contribution is -2.27. The Labute approximate surface area is 269 Å². The quantitative estimate of drug-likeness (QED) is 0.215. The molecule has 0 radical (unpaired) electrons. The van der Waals surface area contributed by atoms with E-state index in [9.17, 15) is 4.79 Å². The number of carbonyl (C=O) groups excluding carboxylic acids is 1. The second-order valence-corrected chi connectivity index (χ2v) is 12.6. The molecule has 3 aromatic carbocycles. The molecule has 2 aliphatic rings. The van der Waals surface area contributed by atoms with Gasteiger partial charge < -0.3 is 14.6 Å². The van der Waals surface area contributed by atoms with Crippen LogP contribution in [0.15, 0.2) is 72.8 Å². The Bertz CT molecular complexity index is 1250. The van der Waals surface area contributed by atoms with Gasteiger partial charge in [0.2, 0.25) is 0 Å². The van der Waals surface area contributed by atoms with Gasteiger partial charge in [-0.3, -0.25) is 4.79 Å². The second kappa shape index (κ2) is 18.6. The summed E-state index contributed by atoms with van der Waals surface area (Å²) in [6.45, 7) is 14.8. The van der Waals surface area contributed by atoms with Crippen molar-refractivity contribution in [3.63, 3.8) is 0 Å². The molecular weight excluding hydrogens is 544 g/mol. The number of ether oxygens (including phenoxy) is 2. The largest absolute Gasteiger partial charge is 0.508 e. The van der Waals surface area contributed by atoms with Gasteiger partial charge in [-0.2, -0.15) is 0 Å². The van der Waals surface area contributed by atoms with E-state index in [0.29, 0.717) is 11.7 Å². The molecule has 0 spiro atoms. The SMILES string of the molecule is C.C.CC1Cc2ccccc2C1C.CCC(C)(C)C(=O)OCOC1CCCc2ccccc21.CCC(C)c1ccc(O)cc1. The van der Waals surface area contributed by atoms with Crippen molar-refractivity contribution in [3.8, 4) is 5.75 Å². The van der Waals surface area contributed by atoms with Crippen molar-refractivity contribution >= 4 is 5.97 Å². The average Bonchev–Trinajstić information content (AvgIpc) is 3.30. The Morgan fingerprint density at radius 3 is 2.09 bits per heavy atom. The summed E-state index contributed by atoms with van der Waals surface area (Å²) in [5.74, 6) is 2.36. The minimum atomic E-state index is -0.437. The number of hydrogen-bond acceptors (Lipinski definition) is 4. The maximum absolute atomic E-state index is 11.9. The zero-order valence-electron chi connectivity index (χ0n) is 26.9. The lowest BCUT2D eigenvalue weighted by atomic mass is 9.89. The number of rotatable bonds is 7. The first-order valence-electron chi connectivity index (χ1n) is 15.8. The van der Waals surface area contributed by atoms with E-state index in [0.717, 1.165) is 43.9 Å². The topological polar surface area (TPSA) is 55.8 Å². The van der Waals surface area contributed by atoms with E-state index in [1.165, 1.54) is 23.1 Å². The van der Waals surface area contributed by atoms with Crippen LogP contribution in [0, 0.1) is 11.3 Å².